The first kappa shape index (κ1) is 20.5. The maximum Gasteiger partial charge on any atom is 0.273 e. The van der Waals surface area contributed by atoms with Gasteiger partial charge in [-0.3, -0.25) is 14.9 Å². The number of benzene rings is 2. The third kappa shape index (κ3) is 3.48. The first-order valence-electron chi connectivity index (χ1n) is 9.99. The van der Waals surface area contributed by atoms with E-state index in [4.69, 9.17) is 0 Å². The molecule has 0 aliphatic carbocycles. The van der Waals surface area contributed by atoms with Crippen LogP contribution in [0.5, 0.6) is 0 Å². The van der Waals surface area contributed by atoms with Gasteiger partial charge in [0.15, 0.2) is 0 Å². The largest absolute Gasteiger partial charge is 0.308 e. The molecule has 30 heavy (non-hydrogen) atoms. The van der Waals surface area contributed by atoms with Crippen molar-refractivity contribution in [3.8, 4) is 0 Å². The molecular formula is C21H23N3O5S. The predicted octanol–water partition coefficient (Wildman–Crippen LogP) is 3.28. The van der Waals surface area contributed by atoms with E-state index in [1.807, 2.05) is 0 Å². The van der Waals surface area contributed by atoms with Gasteiger partial charge in [-0.05, 0) is 56.0 Å². The Morgan fingerprint density at radius 2 is 1.80 bits per heavy atom. The van der Waals surface area contributed by atoms with Crippen LogP contribution in [0.3, 0.4) is 0 Å². The molecule has 0 saturated carbocycles. The maximum atomic E-state index is 13.1. The summed E-state index contributed by atoms with van der Waals surface area (Å²) in [4.78, 5) is 25.6. The van der Waals surface area contributed by atoms with Gasteiger partial charge in [0, 0.05) is 42.5 Å². The van der Waals surface area contributed by atoms with Gasteiger partial charge in [-0.1, -0.05) is 12.5 Å². The molecule has 0 radical (unpaired) electrons. The van der Waals surface area contributed by atoms with Crippen LogP contribution in [0.25, 0.3) is 0 Å². The molecule has 8 nitrogen and oxygen atoms in total. The summed E-state index contributed by atoms with van der Waals surface area (Å²) in [6.45, 7) is 3.05. The second-order valence-electron chi connectivity index (χ2n) is 7.67. The van der Waals surface area contributed by atoms with Gasteiger partial charge in [-0.15, -0.1) is 0 Å². The summed E-state index contributed by atoms with van der Waals surface area (Å²) in [6.07, 6.45) is 3.33. The first-order valence-corrected chi connectivity index (χ1v) is 11.4. The average Bonchev–Trinajstić information content (AvgIpc) is 3.17. The number of hydrogen-bond acceptors (Lipinski definition) is 5. The zero-order valence-electron chi connectivity index (χ0n) is 16.7. The number of nitrogens with zero attached hydrogens (tertiary/aromatic N) is 3. The van der Waals surface area contributed by atoms with Crippen molar-refractivity contribution in [1.82, 2.24) is 4.31 Å². The fourth-order valence-corrected chi connectivity index (χ4v) is 5.77. The molecule has 1 saturated heterocycles. The zero-order valence-corrected chi connectivity index (χ0v) is 17.5. The van der Waals surface area contributed by atoms with Crippen LogP contribution in [0.2, 0.25) is 0 Å². The van der Waals surface area contributed by atoms with Crippen LogP contribution in [0.15, 0.2) is 41.3 Å². The minimum atomic E-state index is -3.54. The molecule has 2 aliphatic rings. The quantitative estimate of drug-likeness (QED) is 0.548. The van der Waals surface area contributed by atoms with Crippen LogP contribution in [0, 0.1) is 17.0 Å². The van der Waals surface area contributed by atoms with E-state index in [0.29, 0.717) is 37.3 Å². The number of sulfonamides is 1. The summed E-state index contributed by atoms with van der Waals surface area (Å²) in [5, 5.41) is 11.2. The van der Waals surface area contributed by atoms with Crippen molar-refractivity contribution in [2.24, 2.45) is 0 Å². The molecule has 9 heteroatoms. The highest BCUT2D eigenvalue weighted by Crippen LogP contribution is 2.34. The number of nitro groups is 1. The van der Waals surface area contributed by atoms with Gasteiger partial charge in [-0.25, -0.2) is 8.42 Å². The summed E-state index contributed by atoms with van der Waals surface area (Å²) in [5.41, 5.74) is 1.96. The summed E-state index contributed by atoms with van der Waals surface area (Å²) in [6, 6.07) is 9.34. The van der Waals surface area contributed by atoms with Crippen molar-refractivity contribution in [3.05, 3.63) is 63.2 Å². The van der Waals surface area contributed by atoms with Gasteiger partial charge < -0.3 is 4.90 Å². The van der Waals surface area contributed by atoms with Gasteiger partial charge in [0.05, 0.1) is 9.82 Å². The first-order chi connectivity index (χ1) is 14.3. The molecule has 0 unspecified atom stereocenters. The van der Waals surface area contributed by atoms with Gasteiger partial charge in [0.1, 0.15) is 0 Å². The molecule has 1 amide bonds. The molecule has 4 rings (SSSR count). The van der Waals surface area contributed by atoms with E-state index in [-0.39, 0.29) is 22.1 Å². The molecule has 0 atom stereocenters. The Hall–Kier alpha value is -2.78. The number of carbonyl (C=O) groups excluding carboxylic acids is 1. The normalized spacial score (nSPS) is 17.0. The van der Waals surface area contributed by atoms with E-state index in [2.05, 4.69) is 0 Å². The van der Waals surface area contributed by atoms with Crippen LogP contribution in [0.1, 0.15) is 40.7 Å². The fourth-order valence-electron chi connectivity index (χ4n) is 4.20. The molecule has 0 spiro atoms. The van der Waals surface area contributed by atoms with E-state index in [1.54, 1.807) is 36.1 Å². The van der Waals surface area contributed by atoms with E-state index in [0.717, 1.165) is 24.8 Å². The Kier molecular flexibility index (Phi) is 5.33. The highest BCUT2D eigenvalue weighted by atomic mass is 32.2. The van der Waals surface area contributed by atoms with Crippen LogP contribution in [-0.4, -0.2) is 43.2 Å². The van der Waals surface area contributed by atoms with Gasteiger partial charge >= 0.3 is 0 Å². The van der Waals surface area contributed by atoms with Crippen molar-refractivity contribution >= 4 is 27.3 Å². The zero-order chi connectivity index (χ0) is 21.5. The smallest absolute Gasteiger partial charge is 0.273 e. The van der Waals surface area contributed by atoms with E-state index < -0.39 is 14.9 Å². The molecule has 1 fully saturated rings. The summed E-state index contributed by atoms with van der Waals surface area (Å²) >= 11 is 0. The number of amides is 1. The van der Waals surface area contributed by atoms with Crippen LogP contribution < -0.4 is 4.90 Å². The minimum Gasteiger partial charge on any atom is -0.308 e. The number of carbonyl (C=O) groups is 1. The Morgan fingerprint density at radius 1 is 1.07 bits per heavy atom. The third-order valence-corrected chi connectivity index (χ3v) is 7.77. The number of hydrogen-bond donors (Lipinski definition) is 0. The summed E-state index contributed by atoms with van der Waals surface area (Å²) in [5.74, 6) is -0.318. The second-order valence-corrected chi connectivity index (χ2v) is 9.61. The molecule has 2 aliphatic heterocycles. The molecule has 2 aromatic carbocycles. The van der Waals surface area contributed by atoms with Gasteiger partial charge in [0.2, 0.25) is 10.0 Å². The molecule has 0 bridgehead atoms. The molecular weight excluding hydrogens is 406 g/mol. The fraction of sp³-hybridized carbons (Fsp3) is 0.381. The highest BCUT2D eigenvalue weighted by Gasteiger charge is 2.31. The van der Waals surface area contributed by atoms with E-state index in [1.165, 1.54) is 16.4 Å². The highest BCUT2D eigenvalue weighted by molar-refractivity contribution is 7.89. The molecule has 158 valence electrons. The SMILES string of the molecule is Cc1c(C(=O)N2CCc3cc(S(=O)(=O)N4CCCCC4)ccc32)cccc1[N+](=O)[O-]. The maximum absolute atomic E-state index is 13.1. The lowest BCUT2D eigenvalue weighted by atomic mass is 10.1. The van der Waals surface area contributed by atoms with Crippen molar-refractivity contribution in [2.45, 2.75) is 37.5 Å². The lowest BCUT2D eigenvalue weighted by molar-refractivity contribution is -0.385. The molecule has 2 aromatic rings. The molecule has 0 aromatic heterocycles. The number of rotatable bonds is 4. The lowest BCUT2D eigenvalue weighted by Crippen LogP contribution is -2.35. The van der Waals surface area contributed by atoms with Crippen molar-refractivity contribution in [2.75, 3.05) is 24.5 Å². The number of nitro benzene ring substituents is 1. The average molecular weight is 429 g/mol. The predicted molar refractivity (Wildman–Crippen MR) is 112 cm³/mol. The molecule has 0 N–H and O–H groups in total. The van der Waals surface area contributed by atoms with Crippen LogP contribution >= 0.6 is 0 Å². The van der Waals surface area contributed by atoms with E-state index in [9.17, 15) is 23.3 Å². The monoisotopic (exact) mass is 429 g/mol. The summed E-state index contributed by atoms with van der Waals surface area (Å²) in [7, 11) is -3.54. The van der Waals surface area contributed by atoms with Gasteiger partial charge in [-0.2, -0.15) is 4.31 Å². The van der Waals surface area contributed by atoms with Gasteiger partial charge in [0.25, 0.3) is 11.6 Å². The van der Waals surface area contributed by atoms with Crippen LogP contribution in [-0.2, 0) is 16.4 Å². The Labute approximate surface area is 175 Å². The second kappa shape index (κ2) is 7.81. The minimum absolute atomic E-state index is 0.0942. The van der Waals surface area contributed by atoms with Crippen molar-refractivity contribution in [1.29, 1.82) is 0 Å². The standard InChI is InChI=1S/C21H23N3O5S/c1-15-18(6-5-7-19(15)24(26)27)21(25)23-13-10-16-14-17(8-9-20(16)23)30(28,29)22-11-3-2-4-12-22/h5-9,14H,2-4,10-13H2,1H3. The third-order valence-electron chi connectivity index (χ3n) is 5.88. The lowest BCUT2D eigenvalue weighted by Gasteiger charge is -2.26. The topological polar surface area (TPSA) is 101 Å². The number of piperidine rings is 1. The van der Waals surface area contributed by atoms with Crippen molar-refractivity contribution < 1.29 is 18.1 Å². The van der Waals surface area contributed by atoms with Crippen molar-refractivity contribution in [3.63, 3.8) is 0 Å². The van der Waals surface area contributed by atoms with Crippen LogP contribution in [0.4, 0.5) is 11.4 Å². The summed E-state index contributed by atoms with van der Waals surface area (Å²) < 4.78 is 27.4. The number of fused-ring (bicyclic) bond motifs is 1. The Balaban J connectivity index is 1.64. The molecule has 2 heterocycles. The Morgan fingerprint density at radius 3 is 2.50 bits per heavy atom. The van der Waals surface area contributed by atoms with E-state index >= 15 is 0 Å². The Bertz CT molecular complexity index is 1120. The number of anilines is 1.